The van der Waals surface area contributed by atoms with Gasteiger partial charge in [0.25, 0.3) is 0 Å². The summed E-state index contributed by atoms with van der Waals surface area (Å²) in [5.41, 5.74) is 0.461. The predicted molar refractivity (Wildman–Crippen MR) is 87.2 cm³/mol. The lowest BCUT2D eigenvalue weighted by Gasteiger charge is -2.29. The molecule has 1 fully saturated rings. The van der Waals surface area contributed by atoms with Crippen LogP contribution in [0.4, 0.5) is 0 Å². The summed E-state index contributed by atoms with van der Waals surface area (Å²) in [6.45, 7) is 3.61. The van der Waals surface area contributed by atoms with Gasteiger partial charge in [0.05, 0.1) is 5.41 Å². The Balaban J connectivity index is 1.85. The lowest BCUT2D eigenvalue weighted by Crippen LogP contribution is -2.43. The van der Waals surface area contributed by atoms with Crippen LogP contribution in [0.2, 0.25) is 5.02 Å². The zero-order valence-corrected chi connectivity index (χ0v) is 14.1. The Hall–Kier alpha value is -1.88. The van der Waals surface area contributed by atoms with Crippen molar-refractivity contribution in [2.75, 3.05) is 0 Å². The van der Waals surface area contributed by atoms with E-state index in [1.54, 1.807) is 6.92 Å². The summed E-state index contributed by atoms with van der Waals surface area (Å²) in [5, 5.41) is 7.46. The second-order valence-corrected chi connectivity index (χ2v) is 6.61. The van der Waals surface area contributed by atoms with E-state index in [-0.39, 0.29) is 11.9 Å². The Kier molecular flexibility index (Phi) is 4.39. The van der Waals surface area contributed by atoms with Crippen LogP contribution in [0, 0.1) is 6.92 Å². The van der Waals surface area contributed by atoms with Crippen LogP contribution in [0.3, 0.4) is 0 Å². The molecule has 1 heterocycles. The molecule has 23 heavy (non-hydrogen) atoms. The highest BCUT2D eigenvalue weighted by molar-refractivity contribution is 6.30. The van der Waals surface area contributed by atoms with Crippen molar-refractivity contribution in [2.24, 2.45) is 0 Å². The van der Waals surface area contributed by atoms with Crippen molar-refractivity contribution in [1.82, 2.24) is 15.5 Å². The number of carbonyl (C=O) groups is 1. The van der Waals surface area contributed by atoms with Crippen molar-refractivity contribution >= 4 is 17.5 Å². The highest BCUT2D eigenvalue weighted by Gasteiger charge is 2.43. The van der Waals surface area contributed by atoms with Crippen LogP contribution in [0.1, 0.15) is 55.9 Å². The Morgan fingerprint density at radius 3 is 2.74 bits per heavy atom. The second-order valence-electron chi connectivity index (χ2n) is 6.17. The maximum Gasteiger partial charge on any atom is 0.248 e. The van der Waals surface area contributed by atoms with Crippen LogP contribution in [0.5, 0.6) is 0 Å². The van der Waals surface area contributed by atoms with Crippen LogP contribution in [-0.4, -0.2) is 16.0 Å². The van der Waals surface area contributed by atoms with E-state index in [0.29, 0.717) is 16.7 Å². The fourth-order valence-electron chi connectivity index (χ4n) is 3.30. The smallest absolute Gasteiger partial charge is 0.248 e. The molecule has 1 amide bonds. The molecule has 1 aliphatic rings. The van der Waals surface area contributed by atoms with Gasteiger partial charge in [-0.2, -0.15) is 4.98 Å². The Bertz CT molecular complexity index is 707. The van der Waals surface area contributed by atoms with Crippen LogP contribution in [0.25, 0.3) is 0 Å². The molecule has 1 N–H and O–H groups in total. The van der Waals surface area contributed by atoms with E-state index < -0.39 is 5.41 Å². The van der Waals surface area contributed by atoms with Gasteiger partial charge < -0.3 is 9.84 Å². The number of aryl methyl sites for hydroxylation is 1. The van der Waals surface area contributed by atoms with Gasteiger partial charge in [-0.15, -0.1) is 0 Å². The van der Waals surface area contributed by atoms with Crippen LogP contribution < -0.4 is 5.32 Å². The molecule has 1 aliphatic carbocycles. The SMILES string of the molecule is Cc1noc(C(C)NC(=O)C2(c3cccc(Cl)c3)CCCC2)n1. The quantitative estimate of drug-likeness (QED) is 0.925. The van der Waals surface area contributed by atoms with E-state index in [2.05, 4.69) is 15.5 Å². The highest BCUT2D eigenvalue weighted by atomic mass is 35.5. The Morgan fingerprint density at radius 2 is 2.13 bits per heavy atom. The molecule has 2 aromatic rings. The molecule has 0 radical (unpaired) electrons. The zero-order valence-electron chi connectivity index (χ0n) is 13.3. The number of carbonyl (C=O) groups excluding carboxylic acids is 1. The Morgan fingerprint density at radius 1 is 1.39 bits per heavy atom. The third kappa shape index (κ3) is 3.11. The molecule has 1 aromatic carbocycles. The average Bonchev–Trinajstić information content (AvgIpc) is 3.16. The van der Waals surface area contributed by atoms with Gasteiger partial charge in [-0.05, 0) is 44.4 Å². The summed E-state index contributed by atoms with van der Waals surface area (Å²) in [4.78, 5) is 17.2. The average molecular weight is 334 g/mol. The maximum atomic E-state index is 13.0. The number of nitrogens with zero attached hydrogens (tertiary/aromatic N) is 2. The van der Waals surface area contributed by atoms with Crippen molar-refractivity contribution in [3.8, 4) is 0 Å². The van der Waals surface area contributed by atoms with Gasteiger partial charge in [0, 0.05) is 5.02 Å². The first-order valence-electron chi connectivity index (χ1n) is 7.88. The highest BCUT2D eigenvalue weighted by Crippen LogP contribution is 2.42. The molecular weight excluding hydrogens is 314 g/mol. The van der Waals surface area contributed by atoms with Crippen LogP contribution in [0.15, 0.2) is 28.8 Å². The van der Waals surface area contributed by atoms with Gasteiger partial charge in [-0.1, -0.05) is 41.7 Å². The summed E-state index contributed by atoms with van der Waals surface area (Å²) in [6, 6.07) is 7.29. The summed E-state index contributed by atoms with van der Waals surface area (Å²) in [6.07, 6.45) is 3.73. The van der Waals surface area contributed by atoms with Gasteiger partial charge in [0.2, 0.25) is 11.8 Å². The minimum atomic E-state index is -0.520. The van der Waals surface area contributed by atoms with Gasteiger partial charge in [-0.3, -0.25) is 4.79 Å². The number of hydrogen-bond acceptors (Lipinski definition) is 4. The maximum absolute atomic E-state index is 13.0. The minimum absolute atomic E-state index is 0.000574. The van der Waals surface area contributed by atoms with E-state index in [0.717, 1.165) is 31.2 Å². The first-order valence-corrected chi connectivity index (χ1v) is 8.26. The van der Waals surface area contributed by atoms with Gasteiger partial charge in [0.1, 0.15) is 6.04 Å². The number of benzene rings is 1. The van der Waals surface area contributed by atoms with E-state index in [1.165, 1.54) is 0 Å². The molecule has 0 spiro atoms. The van der Waals surface area contributed by atoms with Crippen molar-refractivity contribution in [1.29, 1.82) is 0 Å². The van der Waals surface area contributed by atoms with Gasteiger partial charge in [0.15, 0.2) is 5.82 Å². The third-order valence-corrected chi connectivity index (χ3v) is 4.77. The van der Waals surface area contributed by atoms with Crippen molar-refractivity contribution in [2.45, 2.75) is 51.0 Å². The molecule has 0 saturated heterocycles. The number of hydrogen-bond donors (Lipinski definition) is 1. The third-order valence-electron chi connectivity index (χ3n) is 4.53. The lowest BCUT2D eigenvalue weighted by molar-refractivity contribution is -0.127. The molecule has 1 unspecified atom stereocenters. The van der Waals surface area contributed by atoms with Crippen LogP contribution in [-0.2, 0) is 10.2 Å². The number of rotatable bonds is 4. The first-order chi connectivity index (χ1) is 11.0. The van der Waals surface area contributed by atoms with E-state index in [4.69, 9.17) is 16.1 Å². The first kappa shape index (κ1) is 16.0. The molecular formula is C17H20ClN3O2. The fourth-order valence-corrected chi connectivity index (χ4v) is 3.49. The van der Waals surface area contributed by atoms with Crippen molar-refractivity contribution in [3.05, 3.63) is 46.6 Å². The second kappa shape index (κ2) is 6.32. The number of nitrogens with one attached hydrogen (secondary N) is 1. The predicted octanol–water partition coefficient (Wildman–Crippen LogP) is 3.72. The van der Waals surface area contributed by atoms with E-state index in [1.807, 2.05) is 31.2 Å². The van der Waals surface area contributed by atoms with Gasteiger partial charge >= 0.3 is 0 Å². The largest absolute Gasteiger partial charge is 0.344 e. The Labute approximate surface area is 140 Å². The summed E-state index contributed by atoms with van der Waals surface area (Å²) >= 11 is 6.13. The van der Waals surface area contributed by atoms with Gasteiger partial charge in [-0.25, -0.2) is 0 Å². The molecule has 1 atom stereocenters. The monoisotopic (exact) mass is 333 g/mol. The summed E-state index contributed by atoms with van der Waals surface area (Å²) < 4.78 is 5.15. The molecule has 1 aromatic heterocycles. The summed E-state index contributed by atoms with van der Waals surface area (Å²) in [5.74, 6) is 0.988. The molecule has 122 valence electrons. The van der Waals surface area contributed by atoms with Crippen molar-refractivity contribution < 1.29 is 9.32 Å². The molecule has 3 rings (SSSR count). The molecule has 0 aliphatic heterocycles. The zero-order chi connectivity index (χ0) is 16.4. The topological polar surface area (TPSA) is 68.0 Å². The molecule has 1 saturated carbocycles. The van der Waals surface area contributed by atoms with E-state index >= 15 is 0 Å². The summed E-state index contributed by atoms with van der Waals surface area (Å²) in [7, 11) is 0. The number of aromatic nitrogens is 2. The molecule has 5 nitrogen and oxygen atoms in total. The standard InChI is InChI=1S/C17H20ClN3O2/c1-11(15-20-12(2)21-23-15)19-16(22)17(8-3-4-9-17)13-6-5-7-14(18)10-13/h5-7,10-11H,3-4,8-9H2,1-2H3,(H,19,22). The van der Waals surface area contributed by atoms with Crippen molar-refractivity contribution in [3.63, 3.8) is 0 Å². The number of halogens is 1. The van der Waals surface area contributed by atoms with E-state index in [9.17, 15) is 4.79 Å². The fraction of sp³-hybridized carbons (Fsp3) is 0.471. The minimum Gasteiger partial charge on any atom is -0.344 e. The lowest BCUT2D eigenvalue weighted by atomic mass is 9.78. The normalized spacial score (nSPS) is 17.9. The van der Waals surface area contributed by atoms with Crippen LogP contribution >= 0.6 is 11.6 Å². The number of amides is 1. The molecule has 0 bridgehead atoms. The molecule has 6 heteroatoms.